The molecule has 1 rings (SSSR count). The summed E-state index contributed by atoms with van der Waals surface area (Å²) >= 11 is 0. The molecule has 1 fully saturated rings. The van der Waals surface area contributed by atoms with E-state index in [0.29, 0.717) is 6.54 Å². The van der Waals surface area contributed by atoms with Crippen molar-refractivity contribution in [2.24, 2.45) is 0 Å². The number of amides is 1. The maximum atomic E-state index is 11.0. The van der Waals surface area contributed by atoms with Crippen molar-refractivity contribution in [1.82, 2.24) is 10.2 Å². The van der Waals surface area contributed by atoms with Gasteiger partial charge in [0.1, 0.15) is 0 Å². The lowest BCUT2D eigenvalue weighted by molar-refractivity contribution is -0.123. The first-order chi connectivity index (χ1) is 6.33. The van der Waals surface area contributed by atoms with E-state index in [9.17, 15) is 4.79 Å². The maximum Gasteiger partial charge on any atom is 0.234 e. The molecule has 1 saturated heterocycles. The summed E-state index contributed by atoms with van der Waals surface area (Å²) in [5.74, 6) is 0.130. The van der Waals surface area contributed by atoms with Crippen LogP contribution in [0.15, 0.2) is 24.3 Å². The number of carbonyl (C=O) groups is 1. The van der Waals surface area contributed by atoms with Gasteiger partial charge >= 0.3 is 0 Å². The van der Waals surface area contributed by atoms with Crippen molar-refractivity contribution >= 4 is 5.91 Å². The summed E-state index contributed by atoms with van der Waals surface area (Å²) in [7, 11) is 0. The zero-order valence-corrected chi connectivity index (χ0v) is 7.99. The normalized spacial score (nSPS) is 19.9. The fourth-order valence-electron chi connectivity index (χ4n) is 1.25. The highest BCUT2D eigenvalue weighted by molar-refractivity contribution is 5.78. The number of hydrogen-bond acceptors (Lipinski definition) is 2. The summed E-state index contributed by atoms with van der Waals surface area (Å²) in [6, 6.07) is 0. The van der Waals surface area contributed by atoms with Crippen LogP contribution in [-0.2, 0) is 4.79 Å². The van der Waals surface area contributed by atoms with E-state index < -0.39 is 0 Å². The van der Waals surface area contributed by atoms with Crippen molar-refractivity contribution in [3.05, 3.63) is 24.3 Å². The molecule has 0 spiro atoms. The van der Waals surface area contributed by atoms with Crippen molar-refractivity contribution in [2.75, 3.05) is 26.2 Å². The zero-order chi connectivity index (χ0) is 9.52. The Labute approximate surface area is 79.1 Å². The summed E-state index contributed by atoms with van der Waals surface area (Å²) in [6.45, 7) is 5.10. The Kier molecular flexibility index (Phi) is 4.26. The van der Waals surface area contributed by atoms with E-state index in [-0.39, 0.29) is 5.91 Å². The molecule has 3 nitrogen and oxygen atoms in total. The highest BCUT2D eigenvalue weighted by Gasteiger charge is 2.13. The highest BCUT2D eigenvalue weighted by Crippen LogP contribution is 1.93. The number of hydrogen-bond donors (Lipinski definition) is 1. The molecule has 0 aromatic rings. The molecule has 1 amide bonds. The monoisotopic (exact) mass is 180 g/mol. The van der Waals surface area contributed by atoms with Crippen LogP contribution >= 0.6 is 0 Å². The summed E-state index contributed by atoms with van der Waals surface area (Å²) < 4.78 is 0. The molecule has 1 aliphatic heterocycles. The summed E-state index contributed by atoms with van der Waals surface area (Å²) in [4.78, 5) is 13.1. The molecule has 0 aromatic heterocycles. The smallest absolute Gasteiger partial charge is 0.234 e. The summed E-state index contributed by atoms with van der Waals surface area (Å²) in [5, 5.41) is 2.79. The van der Waals surface area contributed by atoms with E-state index in [2.05, 4.69) is 16.3 Å². The third kappa shape index (κ3) is 3.90. The Morgan fingerprint density at radius 1 is 1.54 bits per heavy atom. The fraction of sp³-hybridized carbons (Fsp3) is 0.500. The van der Waals surface area contributed by atoms with Crippen LogP contribution in [0, 0.1) is 0 Å². The van der Waals surface area contributed by atoms with Crippen LogP contribution in [-0.4, -0.2) is 37.0 Å². The van der Waals surface area contributed by atoms with Crippen molar-refractivity contribution in [3.63, 3.8) is 0 Å². The van der Waals surface area contributed by atoms with Gasteiger partial charge in [-0.2, -0.15) is 0 Å². The van der Waals surface area contributed by atoms with Crippen LogP contribution in [0.1, 0.15) is 6.92 Å². The standard InChI is InChI=1S/C10H16N2O/c1-2-3-4-5-7-12-8-6-11-10(13)9-12/h2-5H,6-9H2,1H3,(H,11,13)/b3-2+,5-4+. The third-order valence-corrected chi connectivity index (χ3v) is 1.92. The quantitative estimate of drug-likeness (QED) is 0.643. The van der Waals surface area contributed by atoms with Crippen LogP contribution in [0.3, 0.4) is 0 Å². The topological polar surface area (TPSA) is 32.3 Å². The van der Waals surface area contributed by atoms with Gasteiger partial charge in [-0.1, -0.05) is 24.3 Å². The third-order valence-electron chi connectivity index (χ3n) is 1.92. The van der Waals surface area contributed by atoms with E-state index >= 15 is 0 Å². The van der Waals surface area contributed by atoms with E-state index in [4.69, 9.17) is 0 Å². The van der Waals surface area contributed by atoms with Crippen LogP contribution in [0.25, 0.3) is 0 Å². The van der Waals surface area contributed by atoms with Gasteiger partial charge in [-0.05, 0) is 6.92 Å². The minimum atomic E-state index is 0.130. The molecule has 0 bridgehead atoms. The Morgan fingerprint density at radius 3 is 3.08 bits per heavy atom. The van der Waals surface area contributed by atoms with Crippen molar-refractivity contribution in [1.29, 1.82) is 0 Å². The minimum Gasteiger partial charge on any atom is -0.354 e. The molecule has 13 heavy (non-hydrogen) atoms. The fourth-order valence-corrected chi connectivity index (χ4v) is 1.25. The van der Waals surface area contributed by atoms with E-state index in [1.165, 1.54) is 0 Å². The average Bonchev–Trinajstić information content (AvgIpc) is 2.13. The van der Waals surface area contributed by atoms with Gasteiger partial charge in [-0.25, -0.2) is 0 Å². The first-order valence-electron chi connectivity index (χ1n) is 4.60. The molecule has 0 radical (unpaired) electrons. The molecule has 0 atom stereocenters. The first kappa shape index (κ1) is 9.99. The molecule has 0 saturated carbocycles. The highest BCUT2D eigenvalue weighted by atomic mass is 16.2. The Morgan fingerprint density at radius 2 is 2.38 bits per heavy atom. The number of carbonyl (C=O) groups excluding carboxylic acids is 1. The molecular weight excluding hydrogens is 164 g/mol. The lowest BCUT2D eigenvalue weighted by atomic mass is 10.3. The molecule has 0 unspecified atom stereocenters. The SMILES string of the molecule is C/C=C/C=C/CN1CCNC(=O)C1. The van der Waals surface area contributed by atoms with E-state index in [1.807, 2.05) is 25.2 Å². The van der Waals surface area contributed by atoms with Crippen LogP contribution in [0.2, 0.25) is 0 Å². The van der Waals surface area contributed by atoms with Gasteiger partial charge in [0, 0.05) is 19.6 Å². The second-order valence-corrected chi connectivity index (χ2v) is 3.04. The molecule has 0 aromatic carbocycles. The van der Waals surface area contributed by atoms with Gasteiger partial charge in [0.2, 0.25) is 5.91 Å². The Bertz CT molecular complexity index is 221. The zero-order valence-electron chi connectivity index (χ0n) is 7.99. The number of rotatable bonds is 3. The second kappa shape index (κ2) is 5.54. The van der Waals surface area contributed by atoms with Gasteiger partial charge in [-0.3, -0.25) is 9.69 Å². The number of piperazine rings is 1. The van der Waals surface area contributed by atoms with Gasteiger partial charge in [0.05, 0.1) is 6.54 Å². The summed E-state index contributed by atoms with van der Waals surface area (Å²) in [5.41, 5.74) is 0. The molecule has 1 heterocycles. The van der Waals surface area contributed by atoms with Crippen molar-refractivity contribution < 1.29 is 4.79 Å². The molecule has 3 heteroatoms. The van der Waals surface area contributed by atoms with Crippen molar-refractivity contribution in [3.8, 4) is 0 Å². The number of nitrogens with one attached hydrogen (secondary N) is 1. The molecule has 1 aliphatic rings. The summed E-state index contributed by atoms with van der Waals surface area (Å²) in [6.07, 6.45) is 8.05. The second-order valence-electron chi connectivity index (χ2n) is 3.04. The largest absolute Gasteiger partial charge is 0.354 e. The van der Waals surface area contributed by atoms with E-state index in [1.54, 1.807) is 0 Å². The van der Waals surface area contributed by atoms with Gasteiger partial charge in [0.25, 0.3) is 0 Å². The maximum absolute atomic E-state index is 11.0. The van der Waals surface area contributed by atoms with Crippen LogP contribution in [0.5, 0.6) is 0 Å². The molecule has 0 aliphatic carbocycles. The predicted molar refractivity (Wildman–Crippen MR) is 53.4 cm³/mol. The lowest BCUT2D eigenvalue weighted by Crippen LogP contribution is -2.47. The minimum absolute atomic E-state index is 0.130. The lowest BCUT2D eigenvalue weighted by Gasteiger charge is -2.24. The predicted octanol–water partition coefficient (Wildman–Crippen LogP) is 0.550. The molecular formula is C10H16N2O. The number of allylic oxidation sites excluding steroid dienone is 3. The molecule has 1 N–H and O–H groups in total. The van der Waals surface area contributed by atoms with Crippen LogP contribution < -0.4 is 5.32 Å². The Balaban J connectivity index is 2.24. The van der Waals surface area contributed by atoms with Gasteiger partial charge < -0.3 is 5.32 Å². The van der Waals surface area contributed by atoms with Crippen LogP contribution in [0.4, 0.5) is 0 Å². The van der Waals surface area contributed by atoms with E-state index in [0.717, 1.165) is 19.6 Å². The van der Waals surface area contributed by atoms with Gasteiger partial charge in [0.15, 0.2) is 0 Å². The molecule has 72 valence electrons. The number of nitrogens with zero attached hydrogens (tertiary/aromatic N) is 1. The first-order valence-corrected chi connectivity index (χ1v) is 4.60. The Hall–Kier alpha value is -1.09. The van der Waals surface area contributed by atoms with Gasteiger partial charge in [-0.15, -0.1) is 0 Å². The van der Waals surface area contributed by atoms with Crippen molar-refractivity contribution in [2.45, 2.75) is 6.92 Å². The average molecular weight is 180 g/mol.